The van der Waals surface area contributed by atoms with E-state index in [4.69, 9.17) is 9.15 Å². The standard InChI is InChI=1S/C24H14Br2N4O5/c1-34-22-14(9-16(26)11-19(22)30(32)33)12-27-29-23(28-18-5-3-2-4-17(18)24(29)31)21-10-13-8-15(25)6-7-20(13)35-21/h2-12H,1H3. The first-order valence-corrected chi connectivity index (χ1v) is 11.7. The van der Waals surface area contributed by atoms with E-state index in [9.17, 15) is 14.9 Å². The van der Waals surface area contributed by atoms with Gasteiger partial charge in [-0.25, -0.2) is 4.98 Å². The first-order valence-electron chi connectivity index (χ1n) is 10.1. The molecule has 174 valence electrons. The SMILES string of the molecule is COc1c(C=Nn2c(-c3cc4cc(Br)ccc4o3)nc3ccccc3c2=O)cc(Br)cc1[N+](=O)[O-]. The van der Waals surface area contributed by atoms with Gasteiger partial charge in [0.25, 0.3) is 5.56 Å². The van der Waals surface area contributed by atoms with Gasteiger partial charge in [-0.3, -0.25) is 14.9 Å². The zero-order valence-corrected chi connectivity index (χ0v) is 21.1. The van der Waals surface area contributed by atoms with Gasteiger partial charge in [-0.15, -0.1) is 0 Å². The summed E-state index contributed by atoms with van der Waals surface area (Å²) >= 11 is 6.72. The number of furan rings is 1. The van der Waals surface area contributed by atoms with Crippen molar-refractivity contribution < 1.29 is 14.1 Å². The molecular weight excluding hydrogens is 584 g/mol. The van der Waals surface area contributed by atoms with Gasteiger partial charge < -0.3 is 9.15 Å². The maximum Gasteiger partial charge on any atom is 0.312 e. The van der Waals surface area contributed by atoms with Crippen molar-refractivity contribution in [2.24, 2.45) is 5.10 Å². The number of benzene rings is 3. The first-order chi connectivity index (χ1) is 16.9. The maximum atomic E-state index is 13.4. The molecule has 0 fully saturated rings. The van der Waals surface area contributed by atoms with E-state index < -0.39 is 10.5 Å². The largest absolute Gasteiger partial charge is 0.490 e. The van der Waals surface area contributed by atoms with Crippen molar-refractivity contribution in [1.82, 2.24) is 9.66 Å². The number of hydrogen-bond acceptors (Lipinski definition) is 7. The quantitative estimate of drug-likeness (QED) is 0.137. The second-order valence-corrected chi connectivity index (χ2v) is 9.24. The van der Waals surface area contributed by atoms with Crippen LogP contribution in [-0.2, 0) is 0 Å². The molecule has 0 radical (unpaired) electrons. The van der Waals surface area contributed by atoms with Crippen LogP contribution in [0.15, 0.2) is 83.9 Å². The third kappa shape index (κ3) is 4.24. The molecule has 0 saturated carbocycles. The van der Waals surface area contributed by atoms with Crippen molar-refractivity contribution in [2.75, 3.05) is 7.11 Å². The lowest BCUT2D eigenvalue weighted by Crippen LogP contribution is -2.20. The number of aromatic nitrogens is 2. The normalized spacial score (nSPS) is 11.5. The Kier molecular flexibility index (Phi) is 5.95. The molecule has 0 aliphatic heterocycles. The molecule has 5 aromatic rings. The number of para-hydroxylation sites is 1. The molecule has 3 aromatic carbocycles. The van der Waals surface area contributed by atoms with Crippen LogP contribution in [0.2, 0.25) is 0 Å². The summed E-state index contributed by atoms with van der Waals surface area (Å²) in [5.41, 5.74) is 0.733. The van der Waals surface area contributed by atoms with E-state index >= 15 is 0 Å². The number of halogens is 2. The molecule has 5 rings (SSSR count). The van der Waals surface area contributed by atoms with Crippen molar-refractivity contribution in [2.45, 2.75) is 0 Å². The van der Waals surface area contributed by atoms with Crippen LogP contribution in [0.25, 0.3) is 33.5 Å². The minimum absolute atomic E-state index is 0.0129. The van der Waals surface area contributed by atoms with Crippen molar-refractivity contribution in [1.29, 1.82) is 0 Å². The maximum absolute atomic E-state index is 13.4. The number of rotatable bonds is 5. The molecule has 0 unspecified atom stereocenters. The van der Waals surface area contributed by atoms with E-state index in [-0.39, 0.29) is 17.3 Å². The Morgan fingerprint density at radius 1 is 1.11 bits per heavy atom. The highest BCUT2D eigenvalue weighted by Gasteiger charge is 2.20. The average molecular weight is 598 g/mol. The molecule has 0 aliphatic rings. The van der Waals surface area contributed by atoms with Crippen molar-refractivity contribution in [3.05, 3.63) is 95.6 Å². The van der Waals surface area contributed by atoms with Gasteiger partial charge in [-0.1, -0.05) is 44.0 Å². The molecule has 2 heterocycles. The second-order valence-electron chi connectivity index (χ2n) is 7.41. The Morgan fingerprint density at radius 2 is 1.91 bits per heavy atom. The summed E-state index contributed by atoms with van der Waals surface area (Å²) in [7, 11) is 1.33. The van der Waals surface area contributed by atoms with Crippen molar-refractivity contribution in [3.63, 3.8) is 0 Å². The highest BCUT2D eigenvalue weighted by molar-refractivity contribution is 9.10. The molecule has 2 aromatic heterocycles. The average Bonchev–Trinajstić information content (AvgIpc) is 3.26. The number of methoxy groups -OCH3 is 1. The van der Waals surface area contributed by atoms with Crippen molar-refractivity contribution in [3.8, 4) is 17.3 Å². The lowest BCUT2D eigenvalue weighted by Gasteiger charge is -2.09. The number of ether oxygens (including phenoxy) is 1. The first kappa shape index (κ1) is 22.9. The Labute approximate surface area is 214 Å². The minimum Gasteiger partial charge on any atom is -0.490 e. The van der Waals surface area contributed by atoms with E-state index in [0.717, 1.165) is 14.5 Å². The smallest absolute Gasteiger partial charge is 0.312 e. The summed E-state index contributed by atoms with van der Waals surface area (Å²) in [6, 6.07) is 17.2. The van der Waals surface area contributed by atoms with Gasteiger partial charge in [-0.2, -0.15) is 9.78 Å². The number of nitrogens with zero attached hydrogens (tertiary/aromatic N) is 4. The van der Waals surface area contributed by atoms with Gasteiger partial charge in [-0.05, 0) is 42.5 Å². The van der Waals surface area contributed by atoms with Crippen LogP contribution in [0.3, 0.4) is 0 Å². The van der Waals surface area contributed by atoms with Crippen molar-refractivity contribution >= 4 is 65.6 Å². The van der Waals surface area contributed by atoms with E-state index in [1.165, 1.54) is 19.4 Å². The highest BCUT2D eigenvalue weighted by atomic mass is 79.9. The fraction of sp³-hybridized carbons (Fsp3) is 0.0417. The molecule has 0 aliphatic carbocycles. The van der Waals surface area contributed by atoms with Gasteiger partial charge in [0.15, 0.2) is 5.76 Å². The van der Waals surface area contributed by atoms with Gasteiger partial charge in [0.2, 0.25) is 11.6 Å². The van der Waals surface area contributed by atoms with Crippen LogP contribution >= 0.6 is 31.9 Å². The Bertz CT molecular complexity index is 1730. The molecule has 0 bridgehead atoms. The van der Waals surface area contributed by atoms with Gasteiger partial charge in [0, 0.05) is 26.0 Å². The molecule has 0 N–H and O–H groups in total. The summed E-state index contributed by atoms with van der Waals surface area (Å²) in [6.07, 6.45) is 1.32. The fourth-order valence-corrected chi connectivity index (χ4v) is 4.53. The predicted molar refractivity (Wildman–Crippen MR) is 139 cm³/mol. The van der Waals surface area contributed by atoms with Crippen LogP contribution in [0.5, 0.6) is 5.75 Å². The Morgan fingerprint density at radius 3 is 2.69 bits per heavy atom. The molecule has 9 nitrogen and oxygen atoms in total. The van der Waals surface area contributed by atoms with Crippen LogP contribution in [0, 0.1) is 10.1 Å². The summed E-state index contributed by atoms with van der Waals surface area (Å²) in [5.74, 6) is 0.532. The third-order valence-electron chi connectivity index (χ3n) is 5.23. The molecule has 35 heavy (non-hydrogen) atoms. The number of nitro benzene ring substituents is 1. The Hall–Kier alpha value is -3.83. The van der Waals surface area contributed by atoms with Gasteiger partial charge in [0.05, 0.1) is 29.2 Å². The minimum atomic E-state index is -0.553. The van der Waals surface area contributed by atoms with E-state index in [1.54, 1.807) is 42.5 Å². The monoisotopic (exact) mass is 596 g/mol. The van der Waals surface area contributed by atoms with Crippen LogP contribution in [-0.4, -0.2) is 27.9 Å². The second kappa shape index (κ2) is 9.08. The van der Waals surface area contributed by atoms with Crippen LogP contribution < -0.4 is 10.3 Å². The van der Waals surface area contributed by atoms with E-state index in [1.807, 2.05) is 12.1 Å². The highest BCUT2D eigenvalue weighted by Crippen LogP contribution is 2.34. The number of fused-ring (bicyclic) bond motifs is 2. The molecule has 0 spiro atoms. The summed E-state index contributed by atoms with van der Waals surface area (Å²) in [6.45, 7) is 0. The van der Waals surface area contributed by atoms with Crippen LogP contribution in [0.1, 0.15) is 5.56 Å². The summed E-state index contributed by atoms with van der Waals surface area (Å²) in [4.78, 5) is 29.0. The molecular formula is C24H14Br2N4O5. The predicted octanol–water partition coefficient (Wildman–Crippen LogP) is 6.13. The lowest BCUT2D eigenvalue weighted by molar-refractivity contribution is -0.385. The number of hydrogen-bond donors (Lipinski definition) is 0. The molecule has 11 heteroatoms. The molecule has 0 amide bonds. The molecule has 0 saturated heterocycles. The molecule has 0 atom stereocenters. The lowest BCUT2D eigenvalue weighted by atomic mass is 10.2. The summed E-state index contributed by atoms with van der Waals surface area (Å²) in [5, 5.41) is 17.0. The Balaban J connectivity index is 1.75. The van der Waals surface area contributed by atoms with Gasteiger partial charge in [0.1, 0.15) is 5.58 Å². The van der Waals surface area contributed by atoms with Crippen LogP contribution in [0.4, 0.5) is 5.69 Å². The topological polar surface area (TPSA) is 113 Å². The van der Waals surface area contributed by atoms with E-state index in [2.05, 4.69) is 41.9 Å². The zero-order valence-electron chi connectivity index (χ0n) is 17.9. The zero-order chi connectivity index (χ0) is 24.7. The van der Waals surface area contributed by atoms with E-state index in [0.29, 0.717) is 32.3 Å². The fourth-order valence-electron chi connectivity index (χ4n) is 3.69. The number of nitro groups is 1. The van der Waals surface area contributed by atoms with Gasteiger partial charge >= 0.3 is 5.69 Å². The summed E-state index contributed by atoms with van der Waals surface area (Å²) < 4.78 is 13.7. The third-order valence-corrected chi connectivity index (χ3v) is 6.18.